The van der Waals surface area contributed by atoms with E-state index in [1.165, 1.54) is 12.1 Å². The Morgan fingerprint density at radius 2 is 1.50 bits per heavy atom. The van der Waals surface area contributed by atoms with Crippen molar-refractivity contribution >= 4 is 5.97 Å². The van der Waals surface area contributed by atoms with Crippen molar-refractivity contribution in [2.75, 3.05) is 0 Å². The molecular weight excluding hydrogens is 231 g/mol. The summed E-state index contributed by atoms with van der Waals surface area (Å²) >= 11 is 0. The van der Waals surface area contributed by atoms with Crippen LogP contribution < -0.4 is 0 Å². The molecule has 0 aliphatic heterocycles. The average molecular weight is 242 g/mol. The monoisotopic (exact) mass is 242 g/mol. The molecule has 0 N–H and O–H groups in total. The molecular formula is C15H11FO2. The van der Waals surface area contributed by atoms with E-state index in [1.807, 2.05) is 0 Å². The average Bonchev–Trinajstić information content (AvgIpc) is 2.40. The molecule has 90 valence electrons. The topological polar surface area (TPSA) is 26.3 Å². The molecule has 0 saturated heterocycles. The third kappa shape index (κ3) is 2.63. The Bertz CT molecular complexity index is 556. The molecule has 0 aliphatic carbocycles. The van der Waals surface area contributed by atoms with Gasteiger partial charge in [-0.2, -0.15) is 0 Å². The van der Waals surface area contributed by atoms with Crippen molar-refractivity contribution in [3.05, 3.63) is 72.8 Å². The van der Waals surface area contributed by atoms with E-state index >= 15 is 0 Å². The Morgan fingerprint density at radius 1 is 1.00 bits per heavy atom. The molecule has 0 amide bonds. The molecule has 18 heavy (non-hydrogen) atoms. The van der Waals surface area contributed by atoms with Gasteiger partial charge in [0.1, 0.15) is 5.82 Å². The van der Waals surface area contributed by atoms with Gasteiger partial charge in [0.15, 0.2) is 0 Å². The number of hydrogen-bond acceptors (Lipinski definition) is 2. The highest BCUT2D eigenvalue weighted by atomic mass is 19.1. The van der Waals surface area contributed by atoms with Crippen molar-refractivity contribution in [2.45, 2.75) is 0 Å². The van der Waals surface area contributed by atoms with E-state index in [4.69, 9.17) is 0 Å². The molecule has 3 heteroatoms. The van der Waals surface area contributed by atoms with Crippen molar-refractivity contribution in [3.8, 4) is 11.1 Å². The standard InChI is InChI=1S/C15H11FO2/c1-2-18-15(17)13-5-3-11(4-6-13)12-7-9-14(16)10-8-12/h2-10H,1H2. The maximum absolute atomic E-state index is 12.8. The van der Waals surface area contributed by atoms with Gasteiger partial charge < -0.3 is 4.74 Å². The minimum absolute atomic E-state index is 0.273. The number of rotatable bonds is 3. The first-order valence-corrected chi connectivity index (χ1v) is 5.38. The van der Waals surface area contributed by atoms with Crippen LogP contribution >= 0.6 is 0 Å². The Morgan fingerprint density at radius 3 is 2.00 bits per heavy atom. The summed E-state index contributed by atoms with van der Waals surface area (Å²) in [6, 6.07) is 13.1. The van der Waals surface area contributed by atoms with Crippen LogP contribution in [0.4, 0.5) is 4.39 Å². The largest absolute Gasteiger partial charge is 0.432 e. The second-order valence-corrected chi connectivity index (χ2v) is 3.66. The lowest BCUT2D eigenvalue weighted by atomic mass is 10.0. The number of halogens is 1. The zero-order valence-corrected chi connectivity index (χ0v) is 9.60. The van der Waals surface area contributed by atoms with Gasteiger partial charge in [-0.05, 0) is 35.4 Å². The van der Waals surface area contributed by atoms with Crippen LogP contribution in [-0.4, -0.2) is 5.97 Å². The second-order valence-electron chi connectivity index (χ2n) is 3.66. The van der Waals surface area contributed by atoms with Crippen molar-refractivity contribution in [2.24, 2.45) is 0 Å². The molecule has 2 nitrogen and oxygen atoms in total. The quantitative estimate of drug-likeness (QED) is 0.604. The summed E-state index contributed by atoms with van der Waals surface area (Å²) in [4.78, 5) is 11.4. The van der Waals surface area contributed by atoms with Gasteiger partial charge in [-0.15, -0.1) is 0 Å². The molecule has 0 unspecified atom stereocenters. The molecule has 0 heterocycles. The molecule has 2 aromatic carbocycles. The third-order valence-electron chi connectivity index (χ3n) is 2.49. The summed E-state index contributed by atoms with van der Waals surface area (Å²) in [6.45, 7) is 3.32. The number of ether oxygens (including phenoxy) is 1. The molecule has 0 aromatic heterocycles. The highest BCUT2D eigenvalue weighted by Gasteiger charge is 2.05. The normalized spacial score (nSPS) is 9.83. The molecule has 0 atom stereocenters. The Kier molecular flexibility index (Phi) is 3.53. The minimum Gasteiger partial charge on any atom is -0.432 e. The van der Waals surface area contributed by atoms with Crippen molar-refractivity contribution in [1.29, 1.82) is 0 Å². The highest BCUT2D eigenvalue weighted by molar-refractivity contribution is 5.90. The van der Waals surface area contributed by atoms with Crippen LogP contribution in [0.2, 0.25) is 0 Å². The fourth-order valence-corrected chi connectivity index (χ4v) is 1.58. The number of carbonyl (C=O) groups excluding carboxylic acids is 1. The van der Waals surface area contributed by atoms with Gasteiger partial charge in [-0.1, -0.05) is 30.8 Å². The van der Waals surface area contributed by atoms with Crippen LogP contribution in [0.5, 0.6) is 0 Å². The van der Waals surface area contributed by atoms with E-state index in [9.17, 15) is 9.18 Å². The van der Waals surface area contributed by atoms with Gasteiger partial charge in [0.05, 0.1) is 11.8 Å². The first-order chi connectivity index (χ1) is 8.70. The molecule has 0 saturated carbocycles. The molecule has 0 radical (unpaired) electrons. The van der Waals surface area contributed by atoms with Gasteiger partial charge in [0.25, 0.3) is 0 Å². The van der Waals surface area contributed by atoms with Gasteiger partial charge in [0.2, 0.25) is 0 Å². The molecule has 0 fully saturated rings. The Labute approximate surface area is 104 Å². The SMILES string of the molecule is C=COC(=O)c1ccc(-c2ccc(F)cc2)cc1. The third-order valence-corrected chi connectivity index (χ3v) is 2.49. The minimum atomic E-state index is -0.448. The number of carbonyl (C=O) groups is 1. The summed E-state index contributed by atoms with van der Waals surface area (Å²) in [5.41, 5.74) is 2.24. The van der Waals surface area contributed by atoms with Crippen LogP contribution in [0, 0.1) is 5.82 Å². The summed E-state index contributed by atoms with van der Waals surface area (Å²) < 4.78 is 17.5. The number of hydrogen-bond donors (Lipinski definition) is 0. The predicted molar refractivity (Wildman–Crippen MR) is 67.4 cm³/mol. The molecule has 0 aliphatic rings. The van der Waals surface area contributed by atoms with E-state index in [2.05, 4.69) is 11.3 Å². The van der Waals surface area contributed by atoms with E-state index < -0.39 is 5.97 Å². The van der Waals surface area contributed by atoms with E-state index in [0.29, 0.717) is 5.56 Å². The van der Waals surface area contributed by atoms with Crippen molar-refractivity contribution in [3.63, 3.8) is 0 Å². The summed E-state index contributed by atoms with van der Waals surface area (Å²) in [6.07, 6.45) is 1.09. The maximum atomic E-state index is 12.8. The zero-order valence-electron chi connectivity index (χ0n) is 9.60. The van der Waals surface area contributed by atoms with E-state index in [-0.39, 0.29) is 5.82 Å². The van der Waals surface area contributed by atoms with Crippen LogP contribution in [0.1, 0.15) is 10.4 Å². The fourth-order valence-electron chi connectivity index (χ4n) is 1.58. The number of benzene rings is 2. The maximum Gasteiger partial charge on any atom is 0.342 e. The van der Waals surface area contributed by atoms with Gasteiger partial charge >= 0.3 is 5.97 Å². The first-order valence-electron chi connectivity index (χ1n) is 5.38. The van der Waals surface area contributed by atoms with Crippen LogP contribution in [0.3, 0.4) is 0 Å². The van der Waals surface area contributed by atoms with E-state index in [1.54, 1.807) is 36.4 Å². The highest BCUT2D eigenvalue weighted by Crippen LogP contribution is 2.20. The molecule has 0 spiro atoms. The lowest BCUT2D eigenvalue weighted by molar-refractivity contribution is 0.0664. The van der Waals surface area contributed by atoms with Crippen molar-refractivity contribution < 1.29 is 13.9 Å². The first kappa shape index (κ1) is 12.0. The van der Waals surface area contributed by atoms with Crippen molar-refractivity contribution in [1.82, 2.24) is 0 Å². The molecule has 2 aromatic rings. The Balaban J connectivity index is 2.24. The van der Waals surface area contributed by atoms with Gasteiger partial charge in [-0.25, -0.2) is 9.18 Å². The molecule has 0 bridgehead atoms. The van der Waals surface area contributed by atoms with Crippen LogP contribution in [0.15, 0.2) is 61.4 Å². The second kappa shape index (κ2) is 5.27. The van der Waals surface area contributed by atoms with E-state index in [0.717, 1.165) is 17.4 Å². The fraction of sp³-hybridized carbons (Fsp3) is 0. The Hall–Kier alpha value is -2.42. The smallest absolute Gasteiger partial charge is 0.342 e. The summed E-state index contributed by atoms with van der Waals surface area (Å²) in [7, 11) is 0. The molecule has 2 rings (SSSR count). The van der Waals surface area contributed by atoms with Crippen LogP contribution in [0.25, 0.3) is 11.1 Å². The predicted octanol–water partition coefficient (Wildman–Crippen LogP) is 3.79. The van der Waals surface area contributed by atoms with Crippen LogP contribution in [-0.2, 0) is 4.74 Å². The van der Waals surface area contributed by atoms with Gasteiger partial charge in [-0.3, -0.25) is 0 Å². The zero-order chi connectivity index (χ0) is 13.0. The lowest BCUT2D eigenvalue weighted by Crippen LogP contribution is -1.99. The van der Waals surface area contributed by atoms with Gasteiger partial charge in [0, 0.05) is 0 Å². The summed E-state index contributed by atoms with van der Waals surface area (Å²) in [5.74, 6) is -0.722. The number of esters is 1. The lowest BCUT2D eigenvalue weighted by Gasteiger charge is -2.03. The summed E-state index contributed by atoms with van der Waals surface area (Å²) in [5, 5.41) is 0.